The standard InChI is InChI=1S/C43H66FN7O10/c1-13-32-43(8)35(51(40(55)61-43)47-18-15-19-50-23-30(46-24-50)29-16-14-17-45-22-29)27(4)33(48-57-12)25(2)21-41(6,56-11)37(28(5)36(53)42(7,44)39(54)59-32)60-38-34(52)31(49(9)10)20-26(3)58-38/h14,16-17,22-28,31-32,34-35,37-38,47,52H,13,15,18-21H2,1-12H3/b48-33-/t25-,26-,27+,28+,31+,32-,34-,35+,37-,38+,41-,42+,43-/m1/s1. The highest BCUT2D eigenvalue weighted by Crippen LogP contribution is 2.43. The van der Waals surface area contributed by atoms with Crippen LogP contribution in [-0.4, -0.2) is 148 Å². The molecule has 0 aromatic carbocycles. The molecule has 3 saturated heterocycles. The second kappa shape index (κ2) is 19.5. The van der Waals surface area contributed by atoms with Crippen molar-refractivity contribution in [1.29, 1.82) is 0 Å². The number of methoxy groups -OCH3 is 1. The Bertz CT molecular complexity index is 1850. The fourth-order valence-electron chi connectivity index (χ4n) is 9.43. The van der Waals surface area contributed by atoms with E-state index >= 15 is 4.39 Å². The normalized spacial score (nSPS) is 37.3. The van der Waals surface area contributed by atoms with Gasteiger partial charge in [-0.05, 0) is 79.6 Å². The summed E-state index contributed by atoms with van der Waals surface area (Å²) in [7, 11) is 6.55. The van der Waals surface area contributed by atoms with Crippen LogP contribution in [0.15, 0.2) is 42.2 Å². The number of fused-ring (bicyclic) bond motifs is 1. The number of halogens is 1. The lowest BCUT2D eigenvalue weighted by Crippen LogP contribution is -2.62. The maximum atomic E-state index is 17.0. The average molecular weight is 860 g/mol. The van der Waals surface area contributed by atoms with E-state index in [1.807, 2.05) is 62.7 Å². The Kier molecular flexibility index (Phi) is 15.4. The number of cyclic esters (lactones) is 1. The third kappa shape index (κ3) is 9.94. The zero-order chi connectivity index (χ0) is 45.0. The quantitative estimate of drug-likeness (QED) is 0.131. The summed E-state index contributed by atoms with van der Waals surface area (Å²) in [4.78, 5) is 58.4. The van der Waals surface area contributed by atoms with Crippen molar-refractivity contribution in [3.63, 3.8) is 0 Å². The van der Waals surface area contributed by atoms with E-state index in [1.165, 1.54) is 26.2 Å². The second-order valence-corrected chi connectivity index (χ2v) is 17.6. The van der Waals surface area contributed by atoms with Crippen molar-refractivity contribution in [3.05, 3.63) is 37.1 Å². The number of ether oxygens (including phenoxy) is 5. The van der Waals surface area contributed by atoms with E-state index in [0.717, 1.165) is 18.2 Å². The molecule has 3 aliphatic heterocycles. The molecule has 61 heavy (non-hydrogen) atoms. The van der Waals surface area contributed by atoms with E-state index in [0.29, 0.717) is 31.6 Å². The van der Waals surface area contributed by atoms with E-state index in [1.54, 1.807) is 39.5 Å². The largest absolute Gasteiger partial charge is 0.455 e. The van der Waals surface area contributed by atoms with Crippen LogP contribution in [0, 0.1) is 17.8 Å². The van der Waals surface area contributed by atoms with Gasteiger partial charge in [-0.15, -0.1) is 0 Å². The van der Waals surface area contributed by atoms with Gasteiger partial charge in [-0.2, -0.15) is 0 Å². The van der Waals surface area contributed by atoms with Gasteiger partial charge in [0.1, 0.15) is 25.4 Å². The minimum absolute atomic E-state index is 0.105. The molecule has 3 aliphatic rings. The molecule has 2 aromatic rings. The van der Waals surface area contributed by atoms with Crippen molar-refractivity contribution < 1.29 is 52.4 Å². The monoisotopic (exact) mass is 859 g/mol. The predicted octanol–water partition coefficient (Wildman–Crippen LogP) is 4.57. The number of esters is 1. The van der Waals surface area contributed by atoms with Gasteiger partial charge >= 0.3 is 12.1 Å². The van der Waals surface area contributed by atoms with Crippen molar-refractivity contribution in [3.8, 4) is 11.3 Å². The summed E-state index contributed by atoms with van der Waals surface area (Å²) >= 11 is 0. The Balaban J connectivity index is 1.51. The number of hydrogen-bond donors (Lipinski definition) is 2. The van der Waals surface area contributed by atoms with Gasteiger partial charge in [0.15, 0.2) is 17.7 Å². The second-order valence-electron chi connectivity index (χ2n) is 17.6. The third-order valence-electron chi connectivity index (χ3n) is 12.8. The molecule has 2 N–H and O–H groups in total. The molecule has 0 aliphatic carbocycles. The maximum absolute atomic E-state index is 17.0. The number of pyridine rings is 1. The van der Waals surface area contributed by atoms with Crippen molar-refractivity contribution in [2.75, 3.05) is 34.9 Å². The zero-order valence-corrected chi connectivity index (χ0v) is 37.7. The summed E-state index contributed by atoms with van der Waals surface area (Å²) < 4.78 is 49.9. The number of imidazole rings is 1. The first-order valence-electron chi connectivity index (χ1n) is 21.2. The number of hydrazine groups is 1. The number of alkyl halides is 1. The molecule has 5 rings (SSSR count). The van der Waals surface area contributed by atoms with Crippen LogP contribution in [0.5, 0.6) is 0 Å². The fraction of sp³-hybridized carbons (Fsp3) is 0.721. The molecule has 2 aromatic heterocycles. The number of amides is 1. The number of oxime groups is 1. The van der Waals surface area contributed by atoms with Gasteiger partial charge in [0.25, 0.3) is 5.67 Å². The molecule has 0 radical (unpaired) electrons. The number of aryl methyl sites for hydroxylation is 1. The lowest BCUT2D eigenvalue weighted by molar-refractivity contribution is -0.295. The van der Waals surface area contributed by atoms with Crippen LogP contribution in [0.3, 0.4) is 0 Å². The van der Waals surface area contributed by atoms with Crippen LogP contribution in [0.4, 0.5) is 9.18 Å². The Labute approximate surface area is 358 Å². The summed E-state index contributed by atoms with van der Waals surface area (Å²) in [6.45, 7) is 14.0. The highest BCUT2D eigenvalue weighted by Gasteiger charge is 2.62. The van der Waals surface area contributed by atoms with E-state index < -0.39 is 83.1 Å². The Hall–Kier alpha value is -4.07. The third-order valence-corrected chi connectivity index (χ3v) is 12.8. The molecule has 340 valence electrons. The van der Waals surface area contributed by atoms with Gasteiger partial charge in [-0.25, -0.2) is 29.4 Å². The summed E-state index contributed by atoms with van der Waals surface area (Å²) in [6.07, 6.45) is 2.54. The molecular formula is C43H66FN7O10. The minimum Gasteiger partial charge on any atom is -0.455 e. The van der Waals surface area contributed by atoms with Gasteiger partial charge in [-0.1, -0.05) is 32.9 Å². The number of nitrogens with one attached hydrogen (secondary N) is 1. The smallest absolute Gasteiger partial charge is 0.425 e. The van der Waals surface area contributed by atoms with Crippen LogP contribution in [0.1, 0.15) is 81.1 Å². The molecule has 1 amide bonds. The van der Waals surface area contributed by atoms with E-state index in [-0.39, 0.29) is 25.0 Å². The van der Waals surface area contributed by atoms with Gasteiger partial charge < -0.3 is 43.1 Å². The number of aromatic nitrogens is 3. The van der Waals surface area contributed by atoms with Crippen molar-refractivity contribution >= 4 is 23.6 Å². The first-order valence-corrected chi connectivity index (χ1v) is 21.2. The molecule has 17 nitrogen and oxygen atoms in total. The number of Topliss-reactive ketones (excluding diaryl/α,β-unsaturated/α-hetero) is 1. The molecule has 0 spiro atoms. The SMILES string of the molecule is CC[C@H]1OC(=O)[C@@](C)(F)C(=O)[C@H](C)[C@@H](O[C@@H]2O[C@H](C)C[C@H](N(C)C)[C@H]2O)[C@](C)(OC)C[C@@H](C)/C(=N/OC)[C@H](C)[C@@H]2N(NCCCn3cnc(-c4cccnc4)c3)C(=O)O[C@@]21C. The molecule has 0 bridgehead atoms. The summed E-state index contributed by atoms with van der Waals surface area (Å²) in [5.74, 6) is -5.01. The number of hydrogen-bond acceptors (Lipinski definition) is 15. The topological polar surface area (TPSA) is 188 Å². The van der Waals surface area contributed by atoms with Crippen LogP contribution >= 0.6 is 0 Å². The lowest BCUT2D eigenvalue weighted by Gasteiger charge is -2.47. The number of rotatable bonds is 12. The van der Waals surface area contributed by atoms with Crippen molar-refractivity contribution in [1.82, 2.24) is 29.9 Å². The number of carbonyl (C=O) groups excluding carboxylic acids is 3. The Morgan fingerprint density at radius 2 is 1.84 bits per heavy atom. The van der Waals surface area contributed by atoms with E-state index in [4.69, 9.17) is 28.5 Å². The summed E-state index contributed by atoms with van der Waals surface area (Å²) in [5.41, 5.74) is -0.686. The lowest BCUT2D eigenvalue weighted by atomic mass is 9.73. The Morgan fingerprint density at radius 3 is 2.46 bits per heavy atom. The molecule has 0 saturated carbocycles. The molecule has 18 heteroatoms. The van der Waals surface area contributed by atoms with Crippen LogP contribution in [0.2, 0.25) is 0 Å². The van der Waals surface area contributed by atoms with Gasteiger partial charge in [-0.3, -0.25) is 9.78 Å². The number of likely N-dealkylation sites (N-methyl/N-ethyl adjacent to an activating group) is 1. The number of carbonyl (C=O) groups is 3. The molecular weight excluding hydrogens is 794 g/mol. The number of aliphatic hydroxyl groups is 1. The summed E-state index contributed by atoms with van der Waals surface area (Å²) in [5, 5.41) is 17.4. The van der Waals surface area contributed by atoms with Crippen molar-refractivity contribution in [2.45, 2.75) is 147 Å². The molecule has 0 unspecified atom stereocenters. The average Bonchev–Trinajstić information content (AvgIpc) is 3.80. The van der Waals surface area contributed by atoms with Crippen molar-refractivity contribution in [2.24, 2.45) is 22.9 Å². The minimum atomic E-state index is -3.17. The summed E-state index contributed by atoms with van der Waals surface area (Å²) in [6, 6.07) is 2.54. The first kappa shape index (κ1) is 48.0. The Morgan fingerprint density at radius 1 is 1.11 bits per heavy atom. The van der Waals surface area contributed by atoms with Gasteiger partial charge in [0.05, 0.1) is 35.5 Å². The van der Waals surface area contributed by atoms with E-state index in [9.17, 15) is 19.5 Å². The van der Waals surface area contributed by atoms with Gasteiger partial charge in [0.2, 0.25) is 0 Å². The number of nitrogens with zero attached hydrogens (tertiary/aromatic N) is 6. The maximum Gasteiger partial charge on any atom is 0.425 e. The number of aliphatic hydroxyl groups excluding tert-OH is 1. The highest BCUT2D eigenvalue weighted by atomic mass is 19.1. The molecule has 3 fully saturated rings. The van der Waals surface area contributed by atoms with E-state index in [2.05, 4.69) is 20.5 Å². The zero-order valence-electron chi connectivity index (χ0n) is 37.7. The fourth-order valence-corrected chi connectivity index (χ4v) is 9.43. The highest BCUT2D eigenvalue weighted by molar-refractivity contribution is 6.08. The van der Waals surface area contributed by atoms with Gasteiger partial charge in [0, 0.05) is 68.1 Å². The molecule has 5 heterocycles. The van der Waals surface area contributed by atoms with Crippen LogP contribution in [0.25, 0.3) is 11.3 Å². The van der Waals surface area contributed by atoms with Crippen LogP contribution in [-0.2, 0) is 44.7 Å². The first-order chi connectivity index (χ1) is 28.7. The number of ketones is 1. The van der Waals surface area contributed by atoms with Crippen LogP contribution < -0.4 is 5.43 Å². The predicted molar refractivity (Wildman–Crippen MR) is 223 cm³/mol. The molecule has 13 atom stereocenters.